The molecule has 2 aromatic rings. The van der Waals surface area contributed by atoms with E-state index in [1.165, 1.54) is 11.6 Å². The van der Waals surface area contributed by atoms with Crippen molar-refractivity contribution in [1.82, 2.24) is 15.5 Å². The number of carbonyl (C=O) groups excluding carboxylic acids is 2. The molecule has 2 amide bonds. The van der Waals surface area contributed by atoms with Gasteiger partial charge in [-0.15, -0.1) is 0 Å². The average Bonchev–Trinajstić information content (AvgIpc) is 2.72. The molecule has 154 valence electrons. The minimum atomic E-state index is -0.451. The second-order valence-electron chi connectivity index (χ2n) is 7.33. The molecule has 1 heterocycles. The first-order chi connectivity index (χ1) is 14.1. The van der Waals surface area contributed by atoms with E-state index in [2.05, 4.69) is 27.7 Å². The molecule has 0 aromatic heterocycles. The minimum Gasteiger partial charge on any atom is -0.356 e. The standard InChI is InChI=1S/C23H28FN3O2/c24-20-11-5-4-10-19(20)12-13-25-22(28)17-21-23(29)26-14-16-27(21)15-6-9-18-7-2-1-3-8-18/h1-5,7-8,10-11,21H,6,9,12-17H2,(H,25,28)(H,26,29)/t21-/m0/s1. The van der Waals surface area contributed by atoms with Gasteiger partial charge in [0.15, 0.2) is 0 Å². The molecule has 6 heteroatoms. The lowest BCUT2D eigenvalue weighted by Gasteiger charge is -2.34. The van der Waals surface area contributed by atoms with Gasteiger partial charge in [-0.2, -0.15) is 0 Å². The molecule has 0 bridgehead atoms. The summed E-state index contributed by atoms with van der Waals surface area (Å²) in [6.45, 7) is 2.47. The van der Waals surface area contributed by atoms with Crippen molar-refractivity contribution in [1.29, 1.82) is 0 Å². The Hall–Kier alpha value is -2.73. The lowest BCUT2D eigenvalue weighted by molar-refractivity contribution is -0.133. The number of aryl methyl sites for hydroxylation is 1. The van der Waals surface area contributed by atoms with E-state index in [0.717, 1.165) is 25.9 Å². The van der Waals surface area contributed by atoms with Crippen molar-refractivity contribution in [3.05, 3.63) is 71.5 Å². The van der Waals surface area contributed by atoms with E-state index >= 15 is 0 Å². The van der Waals surface area contributed by atoms with Crippen LogP contribution in [0.5, 0.6) is 0 Å². The molecule has 5 nitrogen and oxygen atoms in total. The largest absolute Gasteiger partial charge is 0.356 e. The number of nitrogens with zero attached hydrogens (tertiary/aromatic N) is 1. The molecule has 0 unspecified atom stereocenters. The fourth-order valence-corrected chi connectivity index (χ4v) is 3.67. The Morgan fingerprint density at radius 2 is 1.86 bits per heavy atom. The van der Waals surface area contributed by atoms with Gasteiger partial charge in [0.25, 0.3) is 0 Å². The summed E-state index contributed by atoms with van der Waals surface area (Å²) in [6.07, 6.45) is 2.42. The summed E-state index contributed by atoms with van der Waals surface area (Å²) in [6, 6.07) is 16.3. The van der Waals surface area contributed by atoms with Gasteiger partial charge in [0.1, 0.15) is 5.82 Å². The summed E-state index contributed by atoms with van der Waals surface area (Å²) in [4.78, 5) is 26.8. The number of amides is 2. The van der Waals surface area contributed by atoms with E-state index in [1.807, 2.05) is 18.2 Å². The number of halogens is 1. The molecule has 29 heavy (non-hydrogen) atoms. The van der Waals surface area contributed by atoms with Crippen LogP contribution in [-0.2, 0) is 22.4 Å². The van der Waals surface area contributed by atoms with Crippen LogP contribution in [0.3, 0.4) is 0 Å². The van der Waals surface area contributed by atoms with Gasteiger partial charge in [-0.25, -0.2) is 4.39 Å². The van der Waals surface area contributed by atoms with Crippen LogP contribution in [-0.4, -0.2) is 48.9 Å². The predicted octanol–water partition coefficient (Wildman–Crippen LogP) is 2.31. The van der Waals surface area contributed by atoms with Gasteiger partial charge in [0.05, 0.1) is 12.5 Å². The van der Waals surface area contributed by atoms with Crippen molar-refractivity contribution in [3.63, 3.8) is 0 Å². The molecule has 1 aliphatic heterocycles. The fourth-order valence-electron chi connectivity index (χ4n) is 3.67. The molecule has 1 atom stereocenters. The highest BCUT2D eigenvalue weighted by molar-refractivity contribution is 5.88. The van der Waals surface area contributed by atoms with Gasteiger partial charge in [-0.3, -0.25) is 14.5 Å². The van der Waals surface area contributed by atoms with Gasteiger partial charge in [-0.1, -0.05) is 48.5 Å². The zero-order chi connectivity index (χ0) is 20.5. The first-order valence-corrected chi connectivity index (χ1v) is 10.2. The van der Waals surface area contributed by atoms with Crippen molar-refractivity contribution in [3.8, 4) is 0 Å². The first-order valence-electron chi connectivity index (χ1n) is 10.2. The minimum absolute atomic E-state index is 0.0970. The molecule has 2 aromatic carbocycles. The van der Waals surface area contributed by atoms with Crippen molar-refractivity contribution in [2.75, 3.05) is 26.2 Å². The summed E-state index contributed by atoms with van der Waals surface area (Å²) < 4.78 is 13.7. The van der Waals surface area contributed by atoms with Crippen LogP contribution in [0.15, 0.2) is 54.6 Å². The highest BCUT2D eigenvalue weighted by Crippen LogP contribution is 2.12. The quantitative estimate of drug-likeness (QED) is 0.683. The molecule has 0 saturated carbocycles. The van der Waals surface area contributed by atoms with Gasteiger partial charge in [0, 0.05) is 19.6 Å². The summed E-state index contributed by atoms with van der Waals surface area (Å²) in [5.41, 5.74) is 1.85. The molecule has 0 spiro atoms. The number of carbonyl (C=O) groups is 2. The topological polar surface area (TPSA) is 61.4 Å². The van der Waals surface area contributed by atoms with Gasteiger partial charge in [0.2, 0.25) is 11.8 Å². The van der Waals surface area contributed by atoms with Crippen LogP contribution in [0.25, 0.3) is 0 Å². The lowest BCUT2D eigenvalue weighted by Crippen LogP contribution is -2.56. The molecule has 1 saturated heterocycles. The fraction of sp³-hybridized carbons (Fsp3) is 0.391. The Labute approximate surface area is 171 Å². The Morgan fingerprint density at radius 1 is 1.10 bits per heavy atom. The maximum absolute atomic E-state index is 13.7. The Balaban J connectivity index is 1.46. The SMILES string of the molecule is O=C(C[C@H]1C(=O)NCCN1CCCc1ccccc1)NCCc1ccccc1F. The zero-order valence-corrected chi connectivity index (χ0v) is 16.6. The lowest BCUT2D eigenvalue weighted by atomic mass is 10.1. The van der Waals surface area contributed by atoms with E-state index < -0.39 is 6.04 Å². The monoisotopic (exact) mass is 397 g/mol. The van der Waals surface area contributed by atoms with Gasteiger partial charge in [-0.05, 0) is 43.0 Å². The van der Waals surface area contributed by atoms with Crippen molar-refractivity contribution in [2.24, 2.45) is 0 Å². The maximum atomic E-state index is 13.7. The molecule has 0 aliphatic carbocycles. The number of benzene rings is 2. The first kappa shape index (κ1) is 21.0. The van der Waals surface area contributed by atoms with Gasteiger partial charge < -0.3 is 10.6 Å². The summed E-state index contributed by atoms with van der Waals surface area (Å²) in [5.74, 6) is -0.547. The van der Waals surface area contributed by atoms with Crippen LogP contribution in [0.2, 0.25) is 0 Å². The third-order valence-corrected chi connectivity index (χ3v) is 5.25. The van der Waals surface area contributed by atoms with Crippen molar-refractivity contribution < 1.29 is 14.0 Å². The van der Waals surface area contributed by atoms with E-state index in [0.29, 0.717) is 25.1 Å². The molecule has 1 aliphatic rings. The van der Waals surface area contributed by atoms with E-state index in [-0.39, 0.29) is 24.1 Å². The molecule has 2 N–H and O–H groups in total. The summed E-state index contributed by atoms with van der Waals surface area (Å²) >= 11 is 0. The zero-order valence-electron chi connectivity index (χ0n) is 16.6. The molecular formula is C23H28FN3O2. The van der Waals surface area contributed by atoms with Crippen LogP contribution in [0, 0.1) is 5.82 Å². The number of nitrogens with one attached hydrogen (secondary N) is 2. The van der Waals surface area contributed by atoms with Gasteiger partial charge >= 0.3 is 0 Å². The van der Waals surface area contributed by atoms with Crippen molar-refractivity contribution in [2.45, 2.75) is 31.7 Å². The predicted molar refractivity (Wildman–Crippen MR) is 111 cm³/mol. The summed E-state index contributed by atoms with van der Waals surface area (Å²) in [7, 11) is 0. The van der Waals surface area contributed by atoms with E-state index in [9.17, 15) is 14.0 Å². The number of rotatable bonds is 9. The Bertz CT molecular complexity index is 813. The second-order valence-corrected chi connectivity index (χ2v) is 7.33. The number of hydrogen-bond acceptors (Lipinski definition) is 3. The third kappa shape index (κ3) is 6.39. The maximum Gasteiger partial charge on any atom is 0.237 e. The van der Waals surface area contributed by atoms with Crippen LogP contribution in [0.1, 0.15) is 24.0 Å². The smallest absolute Gasteiger partial charge is 0.237 e. The Kier molecular flexibility index (Phi) is 7.76. The van der Waals surface area contributed by atoms with Crippen LogP contribution in [0.4, 0.5) is 4.39 Å². The number of piperazine rings is 1. The Morgan fingerprint density at radius 3 is 2.66 bits per heavy atom. The highest BCUT2D eigenvalue weighted by atomic mass is 19.1. The van der Waals surface area contributed by atoms with E-state index in [1.54, 1.807) is 18.2 Å². The molecular weight excluding hydrogens is 369 g/mol. The third-order valence-electron chi connectivity index (χ3n) is 5.25. The second kappa shape index (κ2) is 10.7. The average molecular weight is 397 g/mol. The molecule has 0 radical (unpaired) electrons. The molecule has 3 rings (SSSR count). The van der Waals surface area contributed by atoms with Crippen LogP contribution < -0.4 is 10.6 Å². The summed E-state index contributed by atoms with van der Waals surface area (Å²) in [5, 5.41) is 5.67. The normalized spacial score (nSPS) is 17.0. The molecule has 1 fully saturated rings. The van der Waals surface area contributed by atoms with Crippen molar-refractivity contribution >= 4 is 11.8 Å². The van der Waals surface area contributed by atoms with Crippen LogP contribution >= 0.6 is 0 Å². The highest BCUT2D eigenvalue weighted by Gasteiger charge is 2.31. The number of hydrogen-bond donors (Lipinski definition) is 2. The van der Waals surface area contributed by atoms with E-state index in [4.69, 9.17) is 0 Å².